The molecule has 0 saturated heterocycles. The lowest BCUT2D eigenvalue weighted by Crippen LogP contribution is -2.37. The van der Waals surface area contributed by atoms with Gasteiger partial charge in [-0.05, 0) is 26.0 Å². The minimum absolute atomic E-state index is 0.0636. The van der Waals surface area contributed by atoms with Crippen LogP contribution < -0.4 is 11.1 Å². The first-order valence-corrected chi connectivity index (χ1v) is 5.22. The third kappa shape index (κ3) is 3.04. The van der Waals surface area contributed by atoms with Crippen LogP contribution in [0.5, 0.6) is 0 Å². The van der Waals surface area contributed by atoms with E-state index in [2.05, 4.69) is 5.32 Å². The van der Waals surface area contributed by atoms with Crippen molar-refractivity contribution in [2.75, 3.05) is 11.9 Å². The maximum absolute atomic E-state index is 11.9. The fourth-order valence-corrected chi connectivity index (χ4v) is 1.16. The summed E-state index contributed by atoms with van der Waals surface area (Å²) in [4.78, 5) is 22.8. The molecule has 0 atom stereocenters. The van der Waals surface area contributed by atoms with Crippen LogP contribution in [-0.4, -0.2) is 23.5 Å². The molecule has 0 unspecified atom stereocenters. The molecule has 1 rings (SSSR count). The second kappa shape index (κ2) is 4.97. The van der Waals surface area contributed by atoms with Gasteiger partial charge in [0.05, 0.1) is 16.7 Å². The van der Waals surface area contributed by atoms with Crippen molar-refractivity contribution in [2.45, 2.75) is 13.8 Å². The Bertz CT molecular complexity index is 441. The highest BCUT2D eigenvalue weighted by atomic mass is 16.4. The van der Waals surface area contributed by atoms with Crippen LogP contribution in [0, 0.1) is 5.41 Å². The molecule has 0 heterocycles. The number of nitrogens with two attached hydrogens (primary N) is 1. The zero-order valence-electron chi connectivity index (χ0n) is 9.86. The molecule has 0 radical (unpaired) electrons. The Kier molecular flexibility index (Phi) is 3.85. The summed E-state index contributed by atoms with van der Waals surface area (Å²) in [5.41, 5.74) is 5.10. The molecule has 0 aromatic heterocycles. The van der Waals surface area contributed by atoms with Crippen molar-refractivity contribution < 1.29 is 14.7 Å². The van der Waals surface area contributed by atoms with Crippen LogP contribution in [0.4, 0.5) is 5.69 Å². The molecule has 92 valence electrons. The van der Waals surface area contributed by atoms with Crippen molar-refractivity contribution in [2.24, 2.45) is 11.1 Å². The molecule has 0 fully saturated rings. The van der Waals surface area contributed by atoms with Crippen molar-refractivity contribution in [1.82, 2.24) is 0 Å². The maximum atomic E-state index is 11.9. The zero-order chi connectivity index (χ0) is 13.1. The molecule has 1 aromatic carbocycles. The number of carboxylic acids is 1. The van der Waals surface area contributed by atoms with Gasteiger partial charge in [-0.25, -0.2) is 4.79 Å². The largest absolute Gasteiger partial charge is 0.478 e. The fourth-order valence-electron chi connectivity index (χ4n) is 1.16. The number of anilines is 1. The van der Waals surface area contributed by atoms with Crippen LogP contribution in [0.15, 0.2) is 24.3 Å². The average Bonchev–Trinajstić information content (AvgIpc) is 2.29. The van der Waals surface area contributed by atoms with Gasteiger partial charge >= 0.3 is 5.97 Å². The lowest BCUT2D eigenvalue weighted by atomic mass is 9.92. The van der Waals surface area contributed by atoms with Gasteiger partial charge in [0.25, 0.3) is 0 Å². The minimum Gasteiger partial charge on any atom is -0.478 e. The van der Waals surface area contributed by atoms with E-state index in [4.69, 9.17) is 10.8 Å². The van der Waals surface area contributed by atoms with Crippen LogP contribution in [0.2, 0.25) is 0 Å². The number of carbonyl (C=O) groups excluding carboxylic acids is 1. The quantitative estimate of drug-likeness (QED) is 0.734. The third-order valence-electron chi connectivity index (χ3n) is 2.53. The first-order valence-electron chi connectivity index (χ1n) is 5.22. The lowest BCUT2D eigenvalue weighted by Gasteiger charge is -2.21. The Balaban J connectivity index is 2.97. The summed E-state index contributed by atoms with van der Waals surface area (Å²) in [6.45, 7) is 3.59. The second-order valence-corrected chi connectivity index (χ2v) is 4.39. The molecule has 0 saturated carbocycles. The van der Waals surface area contributed by atoms with Gasteiger partial charge in [-0.1, -0.05) is 12.1 Å². The second-order valence-electron chi connectivity index (χ2n) is 4.39. The van der Waals surface area contributed by atoms with Gasteiger partial charge in [0.2, 0.25) is 5.91 Å². The normalized spacial score (nSPS) is 11.0. The van der Waals surface area contributed by atoms with Gasteiger partial charge in [0.1, 0.15) is 0 Å². The molecule has 4 N–H and O–H groups in total. The number of hydrogen-bond acceptors (Lipinski definition) is 3. The molecule has 0 bridgehead atoms. The van der Waals surface area contributed by atoms with E-state index in [-0.39, 0.29) is 23.7 Å². The Hall–Kier alpha value is -1.88. The van der Waals surface area contributed by atoms with E-state index < -0.39 is 11.4 Å². The van der Waals surface area contributed by atoms with Crippen LogP contribution in [0.25, 0.3) is 0 Å². The summed E-state index contributed by atoms with van der Waals surface area (Å²) in [6, 6.07) is 6.26. The number of carbonyl (C=O) groups is 2. The maximum Gasteiger partial charge on any atom is 0.337 e. The number of benzene rings is 1. The predicted octanol–water partition coefficient (Wildman–Crippen LogP) is 1.31. The van der Waals surface area contributed by atoms with Gasteiger partial charge < -0.3 is 16.2 Å². The van der Waals surface area contributed by atoms with Gasteiger partial charge in [0.15, 0.2) is 0 Å². The van der Waals surface area contributed by atoms with Crippen LogP contribution in [0.3, 0.4) is 0 Å². The molecule has 1 amide bonds. The van der Waals surface area contributed by atoms with E-state index in [0.29, 0.717) is 0 Å². The van der Waals surface area contributed by atoms with Gasteiger partial charge in [0, 0.05) is 6.54 Å². The predicted molar refractivity (Wildman–Crippen MR) is 64.9 cm³/mol. The van der Waals surface area contributed by atoms with Crippen molar-refractivity contribution >= 4 is 17.6 Å². The van der Waals surface area contributed by atoms with Gasteiger partial charge in [-0.2, -0.15) is 0 Å². The Morgan fingerprint density at radius 3 is 2.47 bits per heavy atom. The number of nitrogens with one attached hydrogen (secondary N) is 1. The van der Waals surface area contributed by atoms with E-state index in [1.54, 1.807) is 32.0 Å². The highest BCUT2D eigenvalue weighted by molar-refractivity contribution is 6.02. The molecule has 5 heteroatoms. The first kappa shape index (κ1) is 13.2. The first-order chi connectivity index (χ1) is 7.88. The average molecular weight is 236 g/mol. The SMILES string of the molecule is CC(C)(CN)C(=O)Nc1ccccc1C(=O)O. The number of aromatic carboxylic acids is 1. The highest BCUT2D eigenvalue weighted by Gasteiger charge is 2.26. The molecule has 5 nitrogen and oxygen atoms in total. The summed E-state index contributed by atoms with van der Waals surface area (Å²) in [5, 5.41) is 11.5. The van der Waals surface area contributed by atoms with Crippen molar-refractivity contribution in [3.63, 3.8) is 0 Å². The highest BCUT2D eigenvalue weighted by Crippen LogP contribution is 2.20. The number of para-hydroxylation sites is 1. The van der Waals surface area contributed by atoms with Gasteiger partial charge in [-0.3, -0.25) is 4.79 Å². The van der Waals surface area contributed by atoms with Crippen molar-refractivity contribution in [3.05, 3.63) is 29.8 Å². The summed E-state index contributed by atoms with van der Waals surface area (Å²) in [7, 11) is 0. The van der Waals surface area contributed by atoms with Crippen LogP contribution >= 0.6 is 0 Å². The summed E-state index contributed by atoms with van der Waals surface area (Å²) < 4.78 is 0. The molecule has 0 aliphatic rings. The number of carboxylic acid groups (broad SMARTS) is 1. The zero-order valence-corrected chi connectivity index (χ0v) is 9.86. The van der Waals surface area contributed by atoms with Gasteiger partial charge in [-0.15, -0.1) is 0 Å². The van der Waals surface area contributed by atoms with E-state index in [9.17, 15) is 9.59 Å². The molecule has 17 heavy (non-hydrogen) atoms. The van der Waals surface area contributed by atoms with E-state index in [0.717, 1.165) is 0 Å². The number of rotatable bonds is 4. The molecular formula is C12H16N2O3. The molecule has 1 aromatic rings. The van der Waals surface area contributed by atoms with Crippen molar-refractivity contribution in [3.8, 4) is 0 Å². The standard InChI is InChI=1S/C12H16N2O3/c1-12(2,7-13)11(17)14-9-6-4-3-5-8(9)10(15)16/h3-6H,7,13H2,1-2H3,(H,14,17)(H,15,16). The summed E-state index contributed by atoms with van der Waals surface area (Å²) in [6.07, 6.45) is 0. The van der Waals surface area contributed by atoms with E-state index in [1.807, 2.05) is 0 Å². The topological polar surface area (TPSA) is 92.4 Å². The van der Waals surface area contributed by atoms with E-state index in [1.165, 1.54) is 6.07 Å². The molecule has 0 spiro atoms. The lowest BCUT2D eigenvalue weighted by molar-refractivity contribution is -0.123. The summed E-state index contributed by atoms with van der Waals surface area (Å²) >= 11 is 0. The monoisotopic (exact) mass is 236 g/mol. The number of hydrogen-bond donors (Lipinski definition) is 3. The van der Waals surface area contributed by atoms with E-state index >= 15 is 0 Å². The third-order valence-corrected chi connectivity index (χ3v) is 2.53. The minimum atomic E-state index is -1.08. The Labute approximate surface area is 99.6 Å². The fraction of sp³-hybridized carbons (Fsp3) is 0.333. The molecule has 0 aliphatic carbocycles. The van der Waals surface area contributed by atoms with Crippen molar-refractivity contribution in [1.29, 1.82) is 0 Å². The smallest absolute Gasteiger partial charge is 0.337 e. The number of amides is 1. The van der Waals surface area contributed by atoms with Crippen LogP contribution in [0.1, 0.15) is 24.2 Å². The molecule has 0 aliphatic heterocycles. The molecular weight excluding hydrogens is 220 g/mol. The summed E-state index contributed by atoms with van der Waals surface area (Å²) in [5.74, 6) is -1.37. The van der Waals surface area contributed by atoms with Crippen LogP contribution in [-0.2, 0) is 4.79 Å². The Morgan fingerprint density at radius 1 is 1.35 bits per heavy atom. The Morgan fingerprint density at radius 2 is 1.94 bits per heavy atom.